The van der Waals surface area contributed by atoms with Gasteiger partial charge in [0.25, 0.3) is 0 Å². The summed E-state index contributed by atoms with van der Waals surface area (Å²) in [5.41, 5.74) is 0.777. The van der Waals surface area contributed by atoms with Crippen molar-refractivity contribution in [3.05, 3.63) is 42.2 Å². The maximum absolute atomic E-state index is 13.2. The number of hydrogen-bond acceptors (Lipinski definition) is 4. The first-order chi connectivity index (χ1) is 14.0. The van der Waals surface area contributed by atoms with Crippen molar-refractivity contribution < 1.29 is 18.3 Å². The van der Waals surface area contributed by atoms with Crippen molar-refractivity contribution in [2.75, 3.05) is 44.2 Å². The zero-order chi connectivity index (χ0) is 20.8. The Morgan fingerprint density at radius 1 is 1.31 bits per heavy atom. The highest BCUT2D eigenvalue weighted by atomic mass is 19.2. The van der Waals surface area contributed by atoms with Crippen LogP contribution in [0.2, 0.25) is 0 Å². The fourth-order valence-corrected chi connectivity index (χ4v) is 2.98. The molecule has 1 aromatic heterocycles. The van der Waals surface area contributed by atoms with Crippen LogP contribution in [0.3, 0.4) is 0 Å². The number of guanidine groups is 1. The standard InChI is InChI=1S/C19H24F2N6O2/c1-3-22-19(23-6-9-29-15-4-5-16(20)17(21)10-15)26-7-8-27(18(28)13-26)14-11-24-25(2)12-14/h4-5,10-12H,3,6-9,13H2,1-2H3,(H,22,23). The van der Waals surface area contributed by atoms with Gasteiger partial charge in [0.2, 0.25) is 5.91 Å². The molecule has 1 aliphatic heterocycles. The molecule has 0 unspecified atom stereocenters. The molecule has 2 aromatic rings. The topological polar surface area (TPSA) is 75.0 Å². The van der Waals surface area contributed by atoms with Gasteiger partial charge in [0.1, 0.15) is 18.9 Å². The lowest BCUT2D eigenvalue weighted by Gasteiger charge is -2.35. The Morgan fingerprint density at radius 2 is 2.14 bits per heavy atom. The molecule has 2 heterocycles. The molecule has 0 bridgehead atoms. The molecule has 29 heavy (non-hydrogen) atoms. The predicted octanol–water partition coefficient (Wildman–Crippen LogP) is 1.39. The maximum Gasteiger partial charge on any atom is 0.246 e. The summed E-state index contributed by atoms with van der Waals surface area (Å²) >= 11 is 0. The van der Waals surface area contributed by atoms with Gasteiger partial charge in [0, 0.05) is 38.9 Å². The van der Waals surface area contributed by atoms with Crippen LogP contribution in [0.25, 0.3) is 0 Å². The second-order valence-electron chi connectivity index (χ2n) is 6.50. The molecule has 0 radical (unpaired) electrons. The van der Waals surface area contributed by atoms with E-state index in [1.54, 1.807) is 15.8 Å². The number of carbonyl (C=O) groups excluding carboxylic acids is 1. The molecule has 3 rings (SSSR count). The smallest absolute Gasteiger partial charge is 0.246 e. The SMILES string of the molecule is CCNC(=NCCOc1ccc(F)c(F)c1)N1CCN(c2cnn(C)c2)C(=O)C1. The van der Waals surface area contributed by atoms with E-state index in [0.29, 0.717) is 32.1 Å². The lowest BCUT2D eigenvalue weighted by atomic mass is 10.3. The zero-order valence-corrected chi connectivity index (χ0v) is 16.4. The number of halogens is 2. The molecule has 1 saturated heterocycles. The second-order valence-corrected chi connectivity index (χ2v) is 6.50. The van der Waals surface area contributed by atoms with E-state index < -0.39 is 11.6 Å². The summed E-state index contributed by atoms with van der Waals surface area (Å²) in [5, 5.41) is 7.28. The first-order valence-corrected chi connectivity index (χ1v) is 9.38. The molecule has 1 amide bonds. The number of ether oxygens (including phenoxy) is 1. The van der Waals surface area contributed by atoms with E-state index in [2.05, 4.69) is 15.4 Å². The van der Waals surface area contributed by atoms with E-state index in [0.717, 1.165) is 17.8 Å². The molecular formula is C19H24F2N6O2. The van der Waals surface area contributed by atoms with Crippen molar-refractivity contribution in [3.63, 3.8) is 0 Å². The second kappa shape index (κ2) is 9.35. The Hall–Kier alpha value is -3.17. The Kier molecular flexibility index (Phi) is 6.63. The number of piperazine rings is 1. The predicted molar refractivity (Wildman–Crippen MR) is 105 cm³/mol. The quantitative estimate of drug-likeness (QED) is 0.446. The van der Waals surface area contributed by atoms with Crippen molar-refractivity contribution in [1.82, 2.24) is 20.0 Å². The van der Waals surface area contributed by atoms with E-state index in [9.17, 15) is 13.6 Å². The number of aromatic nitrogens is 2. The van der Waals surface area contributed by atoms with Gasteiger partial charge in [-0.25, -0.2) is 13.8 Å². The first kappa shape index (κ1) is 20.6. The van der Waals surface area contributed by atoms with Crippen molar-refractivity contribution in [2.24, 2.45) is 12.0 Å². The van der Waals surface area contributed by atoms with Crippen LogP contribution in [0.1, 0.15) is 6.92 Å². The third-order valence-corrected chi connectivity index (χ3v) is 4.37. The Bertz CT molecular complexity index is 885. The number of aryl methyl sites for hydroxylation is 1. The number of amides is 1. The summed E-state index contributed by atoms with van der Waals surface area (Å²) < 4.78 is 33.2. The summed E-state index contributed by atoms with van der Waals surface area (Å²) in [5.74, 6) is -1.05. The first-order valence-electron chi connectivity index (χ1n) is 9.38. The highest BCUT2D eigenvalue weighted by molar-refractivity contribution is 5.98. The number of hydrogen-bond donors (Lipinski definition) is 1. The lowest BCUT2D eigenvalue weighted by Crippen LogP contribution is -2.55. The molecule has 0 atom stereocenters. The molecule has 8 nitrogen and oxygen atoms in total. The van der Waals surface area contributed by atoms with E-state index in [1.807, 2.05) is 25.1 Å². The van der Waals surface area contributed by atoms with Crippen molar-refractivity contribution >= 4 is 17.6 Å². The fourth-order valence-electron chi connectivity index (χ4n) is 2.98. The van der Waals surface area contributed by atoms with Gasteiger partial charge >= 0.3 is 0 Å². The van der Waals surface area contributed by atoms with Crippen molar-refractivity contribution in [1.29, 1.82) is 0 Å². The molecule has 1 N–H and O–H groups in total. The fraction of sp³-hybridized carbons (Fsp3) is 0.421. The average molecular weight is 406 g/mol. The molecule has 1 aliphatic rings. The van der Waals surface area contributed by atoms with E-state index >= 15 is 0 Å². The molecule has 10 heteroatoms. The molecule has 0 spiro atoms. The largest absolute Gasteiger partial charge is 0.492 e. The summed E-state index contributed by atoms with van der Waals surface area (Å²) in [6.45, 7) is 4.45. The highest BCUT2D eigenvalue weighted by Crippen LogP contribution is 2.17. The van der Waals surface area contributed by atoms with E-state index in [1.165, 1.54) is 6.07 Å². The average Bonchev–Trinajstić information content (AvgIpc) is 3.13. The van der Waals surface area contributed by atoms with Crippen LogP contribution < -0.4 is 15.0 Å². The molecule has 1 fully saturated rings. The Morgan fingerprint density at radius 3 is 2.79 bits per heavy atom. The van der Waals surface area contributed by atoms with Gasteiger partial charge in [-0.15, -0.1) is 0 Å². The van der Waals surface area contributed by atoms with Gasteiger partial charge in [-0.05, 0) is 19.1 Å². The highest BCUT2D eigenvalue weighted by Gasteiger charge is 2.27. The van der Waals surface area contributed by atoms with Gasteiger partial charge in [0.15, 0.2) is 17.6 Å². The molecule has 1 aromatic carbocycles. The maximum atomic E-state index is 13.2. The lowest BCUT2D eigenvalue weighted by molar-refractivity contribution is -0.120. The van der Waals surface area contributed by atoms with Gasteiger partial charge in [-0.1, -0.05) is 0 Å². The van der Waals surface area contributed by atoms with Crippen LogP contribution in [0, 0.1) is 11.6 Å². The number of rotatable bonds is 6. The van der Waals surface area contributed by atoms with Crippen LogP contribution >= 0.6 is 0 Å². The van der Waals surface area contributed by atoms with Crippen molar-refractivity contribution in [3.8, 4) is 5.75 Å². The van der Waals surface area contributed by atoms with Crippen LogP contribution in [0.15, 0.2) is 35.6 Å². The minimum atomic E-state index is -0.954. The molecule has 0 aliphatic carbocycles. The molecule has 0 saturated carbocycles. The van der Waals surface area contributed by atoms with Gasteiger partial charge in [-0.2, -0.15) is 5.10 Å². The summed E-state index contributed by atoms with van der Waals surface area (Å²) in [6, 6.07) is 3.38. The third kappa shape index (κ3) is 5.21. The Balaban J connectivity index is 1.56. The minimum Gasteiger partial charge on any atom is -0.492 e. The zero-order valence-electron chi connectivity index (χ0n) is 16.4. The number of nitrogens with zero attached hydrogens (tertiary/aromatic N) is 5. The van der Waals surface area contributed by atoms with Crippen LogP contribution in [0.5, 0.6) is 5.75 Å². The number of nitrogens with one attached hydrogen (secondary N) is 1. The number of carbonyl (C=O) groups is 1. The van der Waals surface area contributed by atoms with Gasteiger partial charge < -0.3 is 19.9 Å². The van der Waals surface area contributed by atoms with Gasteiger partial charge in [-0.3, -0.25) is 9.48 Å². The number of anilines is 1. The Labute approximate surface area is 167 Å². The van der Waals surface area contributed by atoms with Crippen LogP contribution in [-0.4, -0.2) is 65.9 Å². The molecule has 156 valence electrons. The summed E-state index contributed by atoms with van der Waals surface area (Å²) in [7, 11) is 1.81. The van der Waals surface area contributed by atoms with Crippen LogP contribution in [-0.2, 0) is 11.8 Å². The summed E-state index contributed by atoms with van der Waals surface area (Å²) in [6.07, 6.45) is 3.48. The summed E-state index contributed by atoms with van der Waals surface area (Å²) in [4.78, 5) is 20.6. The number of aliphatic imine (C=N–C) groups is 1. The van der Waals surface area contributed by atoms with Crippen molar-refractivity contribution in [2.45, 2.75) is 6.92 Å². The third-order valence-electron chi connectivity index (χ3n) is 4.37. The molecular weight excluding hydrogens is 382 g/mol. The minimum absolute atomic E-state index is 0.0344. The van der Waals surface area contributed by atoms with E-state index in [-0.39, 0.29) is 24.8 Å². The number of benzene rings is 1. The van der Waals surface area contributed by atoms with E-state index in [4.69, 9.17) is 4.74 Å². The van der Waals surface area contributed by atoms with Gasteiger partial charge in [0.05, 0.1) is 18.4 Å². The normalized spacial score (nSPS) is 15.0. The van der Waals surface area contributed by atoms with Crippen LogP contribution in [0.4, 0.5) is 14.5 Å². The monoisotopic (exact) mass is 406 g/mol.